The highest BCUT2D eigenvalue weighted by Gasteiger charge is 2.43. The van der Waals surface area contributed by atoms with Crippen LogP contribution in [0.15, 0.2) is 22.7 Å². The van der Waals surface area contributed by atoms with Gasteiger partial charge in [0.05, 0.1) is 16.7 Å². The summed E-state index contributed by atoms with van der Waals surface area (Å²) in [5.41, 5.74) is -1.34. The lowest BCUT2D eigenvalue weighted by Gasteiger charge is -2.16. The van der Waals surface area contributed by atoms with Gasteiger partial charge in [0.2, 0.25) is 0 Å². The normalized spacial score (nSPS) is 17.1. The second-order valence-electron chi connectivity index (χ2n) is 4.56. The van der Waals surface area contributed by atoms with Crippen LogP contribution in [0.25, 0.3) is 0 Å². The Hall–Kier alpha value is -0.750. The number of carbonyl (C=O) groups excluding carboxylic acids is 1. The Kier molecular flexibility index (Phi) is 3.84. The van der Waals surface area contributed by atoms with Gasteiger partial charge in [0.1, 0.15) is 0 Å². The Morgan fingerprint density at radius 3 is 2.53 bits per heavy atom. The van der Waals surface area contributed by atoms with Crippen LogP contribution in [0.4, 0.5) is 13.2 Å². The number of hydrogen-bond donors (Lipinski definition) is 1. The molecule has 0 unspecified atom stereocenters. The second kappa shape index (κ2) is 4.98. The fraction of sp³-hybridized carbons (Fsp3) is 0.417. The van der Waals surface area contributed by atoms with Gasteiger partial charge in [-0.1, -0.05) is 0 Å². The summed E-state index contributed by atoms with van der Waals surface area (Å²) in [5.74, 6) is -0.286. The summed E-state index contributed by atoms with van der Waals surface area (Å²) in [5, 5.41) is 2.68. The Morgan fingerprint density at radius 2 is 2.05 bits per heavy atom. The summed E-state index contributed by atoms with van der Waals surface area (Å²) in [6, 6.07) is 2.98. The van der Waals surface area contributed by atoms with Gasteiger partial charge in [0, 0.05) is 10.4 Å². The quantitative estimate of drug-likeness (QED) is 0.816. The van der Waals surface area contributed by atoms with Gasteiger partial charge < -0.3 is 5.32 Å². The third kappa shape index (κ3) is 3.23. The lowest BCUT2D eigenvalue weighted by Crippen LogP contribution is -2.38. The number of nitrogens with one attached hydrogen (secondary N) is 1. The molecule has 0 spiro atoms. The number of hydrogen-bond acceptors (Lipinski definition) is 1. The molecule has 0 bridgehead atoms. The van der Waals surface area contributed by atoms with Crippen LogP contribution in [-0.4, -0.2) is 17.3 Å². The number of alkyl halides is 4. The molecule has 1 N–H and O–H groups in total. The van der Waals surface area contributed by atoms with Crippen molar-refractivity contribution in [1.29, 1.82) is 0 Å². The van der Waals surface area contributed by atoms with Crippen molar-refractivity contribution in [1.82, 2.24) is 5.32 Å². The highest BCUT2D eigenvalue weighted by Crippen LogP contribution is 2.37. The van der Waals surface area contributed by atoms with Crippen LogP contribution in [0.3, 0.4) is 0 Å². The molecule has 7 heteroatoms. The van der Waals surface area contributed by atoms with E-state index in [1.165, 1.54) is 6.07 Å². The number of carbonyl (C=O) groups is 1. The molecule has 1 aliphatic carbocycles. The largest absolute Gasteiger partial charge is 0.416 e. The molecule has 2 rings (SSSR count). The maximum atomic E-state index is 12.6. The highest BCUT2D eigenvalue weighted by molar-refractivity contribution is 9.10. The summed E-state index contributed by atoms with van der Waals surface area (Å²) < 4.78 is 38.2. The molecule has 0 aromatic heterocycles. The minimum absolute atomic E-state index is 0.0359. The Morgan fingerprint density at radius 1 is 1.42 bits per heavy atom. The second-order valence-corrected chi connectivity index (χ2v) is 5.68. The maximum absolute atomic E-state index is 12.6. The fourth-order valence-corrected chi connectivity index (χ4v) is 2.39. The first kappa shape index (κ1) is 14.7. The molecular formula is C12H10BrClF3NO. The summed E-state index contributed by atoms with van der Waals surface area (Å²) >= 11 is 8.81. The molecule has 0 radical (unpaired) electrons. The smallest absolute Gasteiger partial charge is 0.345 e. The number of benzene rings is 1. The number of amides is 1. The number of rotatable bonds is 3. The zero-order valence-corrected chi connectivity index (χ0v) is 12.0. The minimum Gasteiger partial charge on any atom is -0.345 e. The van der Waals surface area contributed by atoms with Crippen molar-refractivity contribution >= 4 is 33.4 Å². The van der Waals surface area contributed by atoms with E-state index in [2.05, 4.69) is 21.2 Å². The first-order chi connectivity index (χ1) is 8.77. The van der Waals surface area contributed by atoms with Crippen molar-refractivity contribution in [2.75, 3.05) is 5.88 Å². The molecule has 19 heavy (non-hydrogen) atoms. The average molecular weight is 357 g/mol. The van der Waals surface area contributed by atoms with Crippen LogP contribution in [0.1, 0.15) is 28.8 Å². The average Bonchev–Trinajstić information content (AvgIpc) is 3.08. The van der Waals surface area contributed by atoms with Crippen molar-refractivity contribution in [2.45, 2.75) is 24.6 Å². The molecule has 1 fully saturated rings. The van der Waals surface area contributed by atoms with E-state index in [0.29, 0.717) is 4.47 Å². The molecule has 1 aromatic rings. The monoisotopic (exact) mass is 355 g/mol. The molecule has 0 aliphatic heterocycles. The van der Waals surface area contributed by atoms with Gasteiger partial charge in [-0.3, -0.25) is 4.79 Å². The van der Waals surface area contributed by atoms with E-state index in [4.69, 9.17) is 11.6 Å². The first-order valence-electron chi connectivity index (χ1n) is 5.53. The van der Waals surface area contributed by atoms with E-state index in [-0.39, 0.29) is 11.4 Å². The molecular weight excluding hydrogens is 346 g/mol. The summed E-state index contributed by atoms with van der Waals surface area (Å²) in [6.07, 6.45) is -2.98. The molecule has 0 heterocycles. The number of halogens is 5. The van der Waals surface area contributed by atoms with Crippen molar-refractivity contribution in [3.05, 3.63) is 33.8 Å². The van der Waals surface area contributed by atoms with E-state index in [1.807, 2.05) is 0 Å². The third-order valence-electron chi connectivity index (χ3n) is 3.03. The Labute approximate surface area is 121 Å². The van der Waals surface area contributed by atoms with E-state index >= 15 is 0 Å². The summed E-state index contributed by atoms with van der Waals surface area (Å²) in [4.78, 5) is 12.0. The van der Waals surface area contributed by atoms with Gasteiger partial charge in [0.15, 0.2) is 0 Å². The van der Waals surface area contributed by atoms with Crippen molar-refractivity contribution < 1.29 is 18.0 Å². The van der Waals surface area contributed by atoms with Crippen LogP contribution in [-0.2, 0) is 6.18 Å². The maximum Gasteiger partial charge on any atom is 0.416 e. The lowest BCUT2D eigenvalue weighted by atomic mass is 10.1. The van der Waals surface area contributed by atoms with Gasteiger partial charge in [-0.15, -0.1) is 11.6 Å². The Balaban J connectivity index is 2.26. The van der Waals surface area contributed by atoms with Crippen molar-refractivity contribution in [3.8, 4) is 0 Å². The minimum atomic E-state index is -4.47. The van der Waals surface area contributed by atoms with Crippen molar-refractivity contribution in [3.63, 3.8) is 0 Å². The van der Waals surface area contributed by atoms with E-state index < -0.39 is 23.2 Å². The molecule has 1 amide bonds. The van der Waals surface area contributed by atoms with Gasteiger partial charge in [0.25, 0.3) is 5.91 Å². The van der Waals surface area contributed by atoms with E-state index in [0.717, 1.165) is 25.0 Å². The van der Waals surface area contributed by atoms with Gasteiger partial charge in [-0.25, -0.2) is 0 Å². The molecule has 0 saturated heterocycles. The van der Waals surface area contributed by atoms with Crippen LogP contribution in [0.5, 0.6) is 0 Å². The van der Waals surface area contributed by atoms with Crippen LogP contribution in [0.2, 0.25) is 0 Å². The van der Waals surface area contributed by atoms with Crippen molar-refractivity contribution in [2.24, 2.45) is 0 Å². The summed E-state index contributed by atoms with van der Waals surface area (Å²) in [7, 11) is 0. The third-order valence-corrected chi connectivity index (χ3v) is 4.23. The van der Waals surface area contributed by atoms with Gasteiger partial charge in [-0.05, 0) is 47.0 Å². The molecule has 1 saturated carbocycles. The SMILES string of the molecule is O=C(NC1(CCl)CC1)c1cc(C(F)(F)F)ccc1Br. The fourth-order valence-electron chi connectivity index (χ4n) is 1.63. The predicted molar refractivity (Wildman–Crippen MR) is 69.3 cm³/mol. The lowest BCUT2D eigenvalue weighted by molar-refractivity contribution is -0.137. The molecule has 1 aliphatic rings. The Bertz CT molecular complexity index is 514. The molecule has 1 aromatic carbocycles. The van der Waals surface area contributed by atoms with Gasteiger partial charge in [-0.2, -0.15) is 13.2 Å². The first-order valence-corrected chi connectivity index (χ1v) is 6.85. The highest BCUT2D eigenvalue weighted by atomic mass is 79.9. The van der Waals surface area contributed by atoms with Crippen LogP contribution < -0.4 is 5.32 Å². The molecule has 2 nitrogen and oxygen atoms in total. The van der Waals surface area contributed by atoms with E-state index in [9.17, 15) is 18.0 Å². The summed E-state index contributed by atoms with van der Waals surface area (Å²) in [6.45, 7) is 0. The van der Waals surface area contributed by atoms with Gasteiger partial charge >= 0.3 is 6.18 Å². The molecule has 104 valence electrons. The zero-order valence-electron chi connectivity index (χ0n) is 9.65. The molecule has 0 atom stereocenters. The standard InChI is InChI=1S/C12H10BrClF3NO/c13-9-2-1-7(12(15,16)17)5-8(9)10(19)18-11(6-14)3-4-11/h1-2,5H,3-4,6H2,(H,18,19). The van der Waals surface area contributed by atoms with E-state index in [1.54, 1.807) is 0 Å². The predicted octanol–water partition coefficient (Wildman–Crippen LogP) is 3.97. The van der Waals surface area contributed by atoms with Crippen LogP contribution >= 0.6 is 27.5 Å². The van der Waals surface area contributed by atoms with Crippen LogP contribution in [0, 0.1) is 0 Å². The topological polar surface area (TPSA) is 29.1 Å². The zero-order chi connectivity index (χ0) is 14.3.